The minimum Gasteiger partial charge on any atom is -0.439 e. The molecule has 2 rings (SSSR count). The van der Waals surface area contributed by atoms with Crippen molar-refractivity contribution in [1.82, 2.24) is 10.3 Å². The van der Waals surface area contributed by atoms with Gasteiger partial charge in [-0.05, 0) is 42.2 Å². The SMILES string of the molecule is CSc1ccc(Oc2cc(CNC(C)C)ccn2)cc1. The highest BCUT2D eigenvalue weighted by Crippen LogP contribution is 2.23. The molecule has 0 aliphatic carbocycles. The third-order valence-corrected chi connectivity index (χ3v) is 3.54. The van der Waals surface area contributed by atoms with Gasteiger partial charge in [-0.15, -0.1) is 11.8 Å². The molecule has 0 saturated heterocycles. The van der Waals surface area contributed by atoms with Crippen LogP contribution in [0.3, 0.4) is 0 Å². The first-order valence-electron chi connectivity index (χ1n) is 6.67. The number of pyridine rings is 1. The highest BCUT2D eigenvalue weighted by molar-refractivity contribution is 7.98. The molecule has 20 heavy (non-hydrogen) atoms. The van der Waals surface area contributed by atoms with Crippen molar-refractivity contribution in [3.8, 4) is 11.6 Å². The second kappa shape index (κ2) is 7.31. The van der Waals surface area contributed by atoms with Crippen LogP contribution in [0.2, 0.25) is 0 Å². The van der Waals surface area contributed by atoms with Crippen molar-refractivity contribution in [2.75, 3.05) is 6.26 Å². The van der Waals surface area contributed by atoms with E-state index in [0.29, 0.717) is 11.9 Å². The first-order valence-corrected chi connectivity index (χ1v) is 7.90. The summed E-state index contributed by atoms with van der Waals surface area (Å²) < 4.78 is 5.78. The number of thioether (sulfide) groups is 1. The predicted octanol–water partition coefficient (Wildman–Crippen LogP) is 4.09. The van der Waals surface area contributed by atoms with Gasteiger partial charge in [-0.1, -0.05) is 13.8 Å². The Hall–Kier alpha value is -1.52. The van der Waals surface area contributed by atoms with Crippen LogP contribution in [0.15, 0.2) is 47.5 Å². The number of benzene rings is 1. The standard InChI is InChI=1S/C16H20N2OS/c1-12(2)18-11-13-8-9-17-16(10-13)19-14-4-6-15(20-3)7-5-14/h4-10,12,18H,11H2,1-3H3. The van der Waals surface area contributed by atoms with Crippen molar-refractivity contribution >= 4 is 11.8 Å². The van der Waals surface area contributed by atoms with Crippen molar-refractivity contribution < 1.29 is 4.74 Å². The number of nitrogens with one attached hydrogen (secondary N) is 1. The Morgan fingerprint density at radius 1 is 1.20 bits per heavy atom. The van der Waals surface area contributed by atoms with Gasteiger partial charge in [-0.2, -0.15) is 0 Å². The summed E-state index contributed by atoms with van der Waals surface area (Å²) in [7, 11) is 0. The number of hydrogen-bond acceptors (Lipinski definition) is 4. The van der Waals surface area contributed by atoms with E-state index in [1.165, 1.54) is 10.5 Å². The molecule has 1 heterocycles. The van der Waals surface area contributed by atoms with Crippen molar-refractivity contribution in [3.63, 3.8) is 0 Å². The van der Waals surface area contributed by atoms with Gasteiger partial charge in [0.25, 0.3) is 0 Å². The number of ether oxygens (including phenoxy) is 1. The van der Waals surface area contributed by atoms with Crippen LogP contribution in [0.4, 0.5) is 0 Å². The minimum atomic E-state index is 0.464. The molecule has 1 aromatic heterocycles. The van der Waals surface area contributed by atoms with Gasteiger partial charge < -0.3 is 10.1 Å². The fourth-order valence-corrected chi connectivity index (χ4v) is 2.11. The summed E-state index contributed by atoms with van der Waals surface area (Å²) in [5.41, 5.74) is 1.17. The number of nitrogens with zero attached hydrogens (tertiary/aromatic N) is 1. The molecule has 0 aliphatic rings. The van der Waals surface area contributed by atoms with E-state index in [1.54, 1.807) is 18.0 Å². The second-order valence-corrected chi connectivity index (χ2v) is 5.70. The molecule has 0 saturated carbocycles. The van der Waals surface area contributed by atoms with E-state index >= 15 is 0 Å². The molecule has 0 spiro atoms. The summed E-state index contributed by atoms with van der Waals surface area (Å²) in [4.78, 5) is 5.47. The van der Waals surface area contributed by atoms with Crippen LogP contribution >= 0.6 is 11.8 Å². The maximum absolute atomic E-state index is 5.78. The molecule has 0 radical (unpaired) electrons. The fourth-order valence-electron chi connectivity index (χ4n) is 1.70. The smallest absolute Gasteiger partial charge is 0.219 e. The number of hydrogen-bond donors (Lipinski definition) is 1. The van der Waals surface area contributed by atoms with Crippen molar-refractivity contribution in [3.05, 3.63) is 48.2 Å². The van der Waals surface area contributed by atoms with E-state index in [0.717, 1.165) is 12.3 Å². The van der Waals surface area contributed by atoms with Crippen LogP contribution in [0.25, 0.3) is 0 Å². The van der Waals surface area contributed by atoms with E-state index in [4.69, 9.17) is 4.74 Å². The Labute approximate surface area is 124 Å². The van der Waals surface area contributed by atoms with Crippen LogP contribution < -0.4 is 10.1 Å². The lowest BCUT2D eigenvalue weighted by Gasteiger charge is -2.09. The van der Waals surface area contributed by atoms with E-state index in [2.05, 4.69) is 30.4 Å². The Bertz CT molecular complexity index is 540. The summed E-state index contributed by atoms with van der Waals surface area (Å²) in [6.45, 7) is 5.08. The predicted molar refractivity (Wildman–Crippen MR) is 84.5 cm³/mol. The molecule has 1 N–H and O–H groups in total. The van der Waals surface area contributed by atoms with E-state index < -0.39 is 0 Å². The molecule has 0 aliphatic heterocycles. The molecule has 0 unspecified atom stereocenters. The first kappa shape index (κ1) is 14.9. The monoisotopic (exact) mass is 288 g/mol. The molecule has 0 fully saturated rings. The average Bonchev–Trinajstić information content (AvgIpc) is 2.46. The molecular weight excluding hydrogens is 268 g/mol. The van der Waals surface area contributed by atoms with Gasteiger partial charge in [0.05, 0.1) is 0 Å². The van der Waals surface area contributed by atoms with Gasteiger partial charge in [-0.25, -0.2) is 4.98 Å². The molecule has 0 amide bonds. The maximum atomic E-state index is 5.78. The van der Waals surface area contributed by atoms with Crippen LogP contribution in [0.1, 0.15) is 19.4 Å². The lowest BCUT2D eigenvalue weighted by molar-refractivity contribution is 0.461. The number of aromatic nitrogens is 1. The molecule has 1 aromatic carbocycles. The zero-order valence-electron chi connectivity index (χ0n) is 12.1. The van der Waals surface area contributed by atoms with Gasteiger partial charge in [0.2, 0.25) is 5.88 Å². The van der Waals surface area contributed by atoms with Gasteiger partial charge >= 0.3 is 0 Å². The fraction of sp³-hybridized carbons (Fsp3) is 0.312. The lowest BCUT2D eigenvalue weighted by atomic mass is 10.2. The molecule has 0 atom stereocenters. The molecule has 4 heteroatoms. The van der Waals surface area contributed by atoms with E-state index in [-0.39, 0.29) is 0 Å². The van der Waals surface area contributed by atoms with Gasteiger partial charge in [0.1, 0.15) is 5.75 Å². The molecular formula is C16H20N2OS. The number of rotatable bonds is 6. The van der Waals surface area contributed by atoms with Crippen molar-refractivity contribution in [2.45, 2.75) is 31.3 Å². The first-order chi connectivity index (χ1) is 9.67. The molecule has 106 valence electrons. The highest BCUT2D eigenvalue weighted by Gasteiger charge is 2.02. The highest BCUT2D eigenvalue weighted by atomic mass is 32.2. The van der Waals surface area contributed by atoms with E-state index in [1.807, 2.05) is 36.4 Å². The van der Waals surface area contributed by atoms with Gasteiger partial charge in [0, 0.05) is 29.7 Å². The second-order valence-electron chi connectivity index (χ2n) is 4.82. The van der Waals surface area contributed by atoms with Crippen LogP contribution in [0, 0.1) is 0 Å². The van der Waals surface area contributed by atoms with Crippen LogP contribution in [0.5, 0.6) is 11.6 Å². The zero-order valence-corrected chi connectivity index (χ0v) is 12.9. The van der Waals surface area contributed by atoms with Crippen molar-refractivity contribution in [2.24, 2.45) is 0 Å². The summed E-state index contributed by atoms with van der Waals surface area (Å²) in [6.07, 6.45) is 3.84. The molecule has 2 aromatic rings. The summed E-state index contributed by atoms with van der Waals surface area (Å²) >= 11 is 1.72. The molecule has 3 nitrogen and oxygen atoms in total. The Balaban J connectivity index is 2.02. The summed E-state index contributed by atoms with van der Waals surface area (Å²) in [5.74, 6) is 1.44. The Morgan fingerprint density at radius 2 is 1.95 bits per heavy atom. The lowest BCUT2D eigenvalue weighted by Crippen LogP contribution is -2.21. The van der Waals surface area contributed by atoms with Gasteiger partial charge in [-0.3, -0.25) is 0 Å². The van der Waals surface area contributed by atoms with E-state index in [9.17, 15) is 0 Å². The van der Waals surface area contributed by atoms with Crippen molar-refractivity contribution in [1.29, 1.82) is 0 Å². The normalized spacial score (nSPS) is 10.8. The largest absolute Gasteiger partial charge is 0.439 e. The Morgan fingerprint density at radius 3 is 2.60 bits per heavy atom. The average molecular weight is 288 g/mol. The van der Waals surface area contributed by atoms with Crippen LogP contribution in [-0.4, -0.2) is 17.3 Å². The summed E-state index contributed by atoms with van der Waals surface area (Å²) in [5, 5.41) is 3.38. The van der Waals surface area contributed by atoms with Crippen LogP contribution in [-0.2, 0) is 6.54 Å². The maximum Gasteiger partial charge on any atom is 0.219 e. The zero-order chi connectivity index (χ0) is 14.4. The Kier molecular flexibility index (Phi) is 5.44. The summed E-state index contributed by atoms with van der Waals surface area (Å²) in [6, 6.07) is 12.5. The third kappa shape index (κ3) is 4.54. The third-order valence-electron chi connectivity index (χ3n) is 2.80. The molecule has 0 bridgehead atoms. The quantitative estimate of drug-likeness (QED) is 0.812. The van der Waals surface area contributed by atoms with Gasteiger partial charge in [0.15, 0.2) is 0 Å². The minimum absolute atomic E-state index is 0.464. The topological polar surface area (TPSA) is 34.1 Å².